The molecule has 0 aromatic rings. The van der Waals surface area contributed by atoms with Crippen LogP contribution in [0.4, 0.5) is 0 Å². The Morgan fingerprint density at radius 1 is 0.545 bits per heavy atom. The zero-order valence-electron chi connectivity index (χ0n) is 36.3. The lowest BCUT2D eigenvalue weighted by atomic mass is 10.0. The van der Waals surface area contributed by atoms with Crippen molar-refractivity contribution in [1.82, 2.24) is 5.32 Å². The van der Waals surface area contributed by atoms with Gasteiger partial charge >= 0.3 is 5.97 Å². The summed E-state index contributed by atoms with van der Waals surface area (Å²) in [5.41, 5.74) is 0. The Bertz CT molecular complexity index is 957. The number of carbonyl (C=O) groups is 2. The maximum absolute atomic E-state index is 13.1. The van der Waals surface area contributed by atoms with Crippen LogP contribution in [0.5, 0.6) is 0 Å². The summed E-state index contributed by atoms with van der Waals surface area (Å²) in [7, 11) is 0. The molecule has 0 radical (unpaired) electrons. The van der Waals surface area contributed by atoms with Gasteiger partial charge in [-0.1, -0.05) is 185 Å². The fourth-order valence-electron chi connectivity index (χ4n) is 6.86. The highest BCUT2D eigenvalue weighted by atomic mass is 16.5. The Kier molecular flexibility index (Phi) is 41.2. The number of unbranched alkanes of at least 4 members (excludes halogenated alkanes) is 21. The fraction of sp³-hybridized carbons (Fsp3) is 0.796. The zero-order valence-corrected chi connectivity index (χ0v) is 36.3. The first-order valence-electron chi connectivity index (χ1n) is 23.4. The van der Waals surface area contributed by atoms with Gasteiger partial charge in [0.15, 0.2) is 0 Å². The van der Waals surface area contributed by atoms with E-state index >= 15 is 0 Å². The predicted octanol–water partition coefficient (Wildman–Crippen LogP) is 13.5. The SMILES string of the molecule is CC/C=C/C/C=C/C/C=C/CCCCC(CC(=O)NC(CO)C(O)CCCCCCCCCCCCCCCC)OC(=O)CCCCCCC/C=C\CCC. The van der Waals surface area contributed by atoms with Crippen molar-refractivity contribution in [3.63, 3.8) is 0 Å². The van der Waals surface area contributed by atoms with Crippen molar-refractivity contribution in [2.75, 3.05) is 6.61 Å². The summed E-state index contributed by atoms with van der Waals surface area (Å²) in [5.74, 6) is -0.525. The zero-order chi connectivity index (χ0) is 40.3. The van der Waals surface area contributed by atoms with Crippen LogP contribution in [0.2, 0.25) is 0 Å². The van der Waals surface area contributed by atoms with Crippen molar-refractivity contribution in [3.05, 3.63) is 48.6 Å². The van der Waals surface area contributed by atoms with Gasteiger partial charge in [0.25, 0.3) is 0 Å². The number of rotatable bonds is 41. The van der Waals surface area contributed by atoms with Gasteiger partial charge in [-0.3, -0.25) is 9.59 Å². The molecule has 55 heavy (non-hydrogen) atoms. The molecule has 0 fully saturated rings. The Morgan fingerprint density at radius 3 is 1.60 bits per heavy atom. The van der Waals surface area contributed by atoms with Gasteiger partial charge in [0.1, 0.15) is 6.10 Å². The van der Waals surface area contributed by atoms with E-state index in [1.54, 1.807) is 0 Å². The van der Waals surface area contributed by atoms with Crippen molar-refractivity contribution >= 4 is 11.9 Å². The third kappa shape index (κ3) is 38.5. The van der Waals surface area contributed by atoms with E-state index in [1.807, 2.05) is 0 Å². The molecule has 3 N–H and O–H groups in total. The summed E-state index contributed by atoms with van der Waals surface area (Å²) in [4.78, 5) is 25.9. The highest BCUT2D eigenvalue weighted by Crippen LogP contribution is 2.17. The van der Waals surface area contributed by atoms with Crippen LogP contribution in [0.25, 0.3) is 0 Å². The number of aliphatic hydroxyl groups is 2. The van der Waals surface area contributed by atoms with Gasteiger partial charge in [0.2, 0.25) is 5.91 Å². The highest BCUT2D eigenvalue weighted by molar-refractivity contribution is 5.77. The number of allylic oxidation sites excluding steroid dienone is 8. The molecule has 0 aliphatic heterocycles. The second-order valence-electron chi connectivity index (χ2n) is 15.8. The summed E-state index contributed by atoms with van der Waals surface area (Å²) < 4.78 is 5.87. The first-order chi connectivity index (χ1) is 27.0. The number of nitrogens with one attached hydrogen (secondary N) is 1. The molecule has 0 rings (SSSR count). The minimum absolute atomic E-state index is 0.0481. The largest absolute Gasteiger partial charge is 0.462 e. The average Bonchev–Trinajstić information content (AvgIpc) is 3.18. The molecule has 0 aromatic carbocycles. The summed E-state index contributed by atoms with van der Waals surface area (Å²) in [6.07, 6.45) is 50.3. The van der Waals surface area contributed by atoms with Crippen LogP contribution in [-0.4, -0.2) is 46.9 Å². The summed E-state index contributed by atoms with van der Waals surface area (Å²) in [6, 6.07) is -0.713. The molecule has 0 aromatic heterocycles. The summed E-state index contributed by atoms with van der Waals surface area (Å²) in [6.45, 7) is 6.29. The maximum atomic E-state index is 13.1. The van der Waals surface area contributed by atoms with Crippen LogP contribution in [0.1, 0.15) is 226 Å². The number of carbonyl (C=O) groups excluding carboxylic acids is 2. The van der Waals surface area contributed by atoms with Crippen molar-refractivity contribution in [1.29, 1.82) is 0 Å². The van der Waals surface area contributed by atoms with Gasteiger partial charge in [-0.05, 0) is 77.0 Å². The second kappa shape index (κ2) is 43.0. The van der Waals surface area contributed by atoms with E-state index in [1.165, 1.54) is 89.9 Å². The first kappa shape index (κ1) is 52.8. The highest BCUT2D eigenvalue weighted by Gasteiger charge is 2.24. The van der Waals surface area contributed by atoms with Crippen molar-refractivity contribution in [2.45, 2.75) is 244 Å². The lowest BCUT2D eigenvalue weighted by Crippen LogP contribution is -2.46. The predicted molar refractivity (Wildman–Crippen MR) is 236 cm³/mol. The number of amides is 1. The number of hydrogen-bond donors (Lipinski definition) is 3. The quantitative estimate of drug-likeness (QED) is 0.0327. The standard InChI is InChI=1S/C49H89NO5/c1-4-7-10-13-16-19-22-24-25-27-29-32-35-38-41-47(52)46(44-51)50-48(53)43-45(40-37-34-31-28-26-23-20-17-14-11-8-5-2)55-49(54)42-39-36-33-30-21-18-15-12-9-6-3/h8,11-12,15,17,20,26,28,45-47,51-52H,4-7,9-10,13-14,16,18-19,21-25,27,29-44H2,1-3H3,(H,50,53)/b11-8+,15-12-,20-17+,28-26+. The van der Waals surface area contributed by atoms with Gasteiger partial charge in [-0.2, -0.15) is 0 Å². The van der Waals surface area contributed by atoms with Crippen molar-refractivity contribution in [3.8, 4) is 0 Å². The number of hydrogen-bond acceptors (Lipinski definition) is 5. The maximum Gasteiger partial charge on any atom is 0.306 e. The van der Waals surface area contributed by atoms with E-state index < -0.39 is 18.2 Å². The molecule has 0 aliphatic carbocycles. The minimum Gasteiger partial charge on any atom is -0.462 e. The lowest BCUT2D eigenvalue weighted by Gasteiger charge is -2.24. The number of esters is 1. The number of aliphatic hydroxyl groups excluding tert-OH is 2. The van der Waals surface area contributed by atoms with Gasteiger partial charge in [0, 0.05) is 6.42 Å². The van der Waals surface area contributed by atoms with Crippen LogP contribution >= 0.6 is 0 Å². The Balaban J connectivity index is 4.60. The van der Waals surface area contributed by atoms with Crippen molar-refractivity contribution < 1.29 is 24.5 Å². The molecule has 3 unspecified atom stereocenters. The van der Waals surface area contributed by atoms with Crippen LogP contribution in [-0.2, 0) is 14.3 Å². The summed E-state index contributed by atoms with van der Waals surface area (Å²) in [5, 5.41) is 23.7. The van der Waals surface area contributed by atoms with Gasteiger partial charge in [-0.15, -0.1) is 0 Å². The molecule has 3 atom stereocenters. The van der Waals surface area contributed by atoms with E-state index in [2.05, 4.69) is 74.7 Å². The van der Waals surface area contributed by atoms with E-state index in [9.17, 15) is 19.8 Å². The Hall–Kier alpha value is -2.18. The molecular weight excluding hydrogens is 683 g/mol. The van der Waals surface area contributed by atoms with Gasteiger partial charge in [0.05, 0.1) is 25.2 Å². The monoisotopic (exact) mass is 772 g/mol. The van der Waals surface area contributed by atoms with E-state index in [4.69, 9.17) is 4.74 Å². The normalized spacial score (nSPS) is 13.8. The van der Waals surface area contributed by atoms with E-state index in [-0.39, 0.29) is 24.9 Å². The minimum atomic E-state index is -0.797. The van der Waals surface area contributed by atoms with Gasteiger partial charge in [-0.25, -0.2) is 0 Å². The molecule has 6 nitrogen and oxygen atoms in total. The molecule has 0 bridgehead atoms. The molecule has 0 spiro atoms. The number of ether oxygens (including phenoxy) is 1. The van der Waals surface area contributed by atoms with E-state index in [0.29, 0.717) is 19.3 Å². The molecule has 320 valence electrons. The third-order valence-corrected chi connectivity index (χ3v) is 10.4. The molecule has 0 aliphatic rings. The molecule has 0 heterocycles. The topological polar surface area (TPSA) is 95.9 Å². The fourth-order valence-corrected chi connectivity index (χ4v) is 6.86. The smallest absolute Gasteiger partial charge is 0.306 e. The van der Waals surface area contributed by atoms with E-state index in [0.717, 1.165) is 89.9 Å². The molecule has 0 saturated carbocycles. The molecule has 6 heteroatoms. The van der Waals surface area contributed by atoms with Crippen LogP contribution < -0.4 is 5.32 Å². The Labute approximate surface area is 340 Å². The summed E-state index contributed by atoms with van der Waals surface area (Å²) >= 11 is 0. The Morgan fingerprint density at radius 2 is 1.02 bits per heavy atom. The van der Waals surface area contributed by atoms with Crippen LogP contribution in [0, 0.1) is 0 Å². The lowest BCUT2D eigenvalue weighted by molar-refractivity contribution is -0.151. The first-order valence-corrected chi connectivity index (χ1v) is 23.4. The third-order valence-electron chi connectivity index (χ3n) is 10.4. The van der Waals surface area contributed by atoms with Gasteiger partial charge < -0.3 is 20.3 Å². The average molecular weight is 772 g/mol. The van der Waals surface area contributed by atoms with Crippen LogP contribution in [0.3, 0.4) is 0 Å². The molecule has 0 saturated heterocycles. The molecular formula is C49H89NO5. The second-order valence-corrected chi connectivity index (χ2v) is 15.8. The van der Waals surface area contributed by atoms with Crippen molar-refractivity contribution in [2.24, 2.45) is 0 Å². The molecule has 1 amide bonds. The van der Waals surface area contributed by atoms with Crippen LogP contribution in [0.15, 0.2) is 48.6 Å².